The lowest BCUT2D eigenvalue weighted by atomic mass is 10.1. The standard InChI is InChI=1S/C21H26N2O4/c1-5-9-23-15(3)11-18(16(23)4)19(24)13-27-20(25)12-22-21(26)17-8-6-7-14(2)10-17/h6-8,10-11H,5,9,12-13H2,1-4H3,(H,22,26). The van der Waals surface area contributed by atoms with Gasteiger partial charge in [0.2, 0.25) is 5.78 Å². The lowest BCUT2D eigenvalue weighted by Crippen LogP contribution is -2.31. The van der Waals surface area contributed by atoms with E-state index in [9.17, 15) is 14.4 Å². The number of carbonyl (C=O) groups excluding carboxylic acids is 3. The van der Waals surface area contributed by atoms with Crippen LogP contribution in [0.2, 0.25) is 0 Å². The van der Waals surface area contributed by atoms with Crippen LogP contribution in [0.15, 0.2) is 30.3 Å². The summed E-state index contributed by atoms with van der Waals surface area (Å²) in [4.78, 5) is 36.2. The molecular weight excluding hydrogens is 344 g/mol. The van der Waals surface area contributed by atoms with E-state index in [4.69, 9.17) is 4.74 Å². The van der Waals surface area contributed by atoms with Crippen molar-refractivity contribution in [2.45, 2.75) is 40.7 Å². The van der Waals surface area contributed by atoms with E-state index in [2.05, 4.69) is 16.8 Å². The smallest absolute Gasteiger partial charge is 0.325 e. The summed E-state index contributed by atoms with van der Waals surface area (Å²) in [6, 6.07) is 8.88. The Labute approximate surface area is 159 Å². The Morgan fingerprint density at radius 3 is 2.52 bits per heavy atom. The van der Waals surface area contributed by atoms with Crippen molar-refractivity contribution in [1.82, 2.24) is 9.88 Å². The molecule has 1 aromatic carbocycles. The highest BCUT2D eigenvalue weighted by Crippen LogP contribution is 2.16. The van der Waals surface area contributed by atoms with Gasteiger partial charge < -0.3 is 14.6 Å². The predicted octanol–water partition coefficient (Wildman–Crippen LogP) is 2.98. The molecule has 0 bridgehead atoms. The Kier molecular flexibility index (Phi) is 6.93. The first kappa shape index (κ1) is 20.4. The molecule has 2 aromatic rings. The molecule has 1 amide bonds. The van der Waals surface area contributed by atoms with Crippen LogP contribution < -0.4 is 5.32 Å². The predicted molar refractivity (Wildman–Crippen MR) is 103 cm³/mol. The van der Waals surface area contributed by atoms with Crippen molar-refractivity contribution in [3.8, 4) is 0 Å². The first-order chi connectivity index (χ1) is 12.8. The van der Waals surface area contributed by atoms with E-state index >= 15 is 0 Å². The van der Waals surface area contributed by atoms with Crippen LogP contribution >= 0.6 is 0 Å². The zero-order chi connectivity index (χ0) is 20.0. The molecule has 2 rings (SSSR count). The van der Waals surface area contributed by atoms with Gasteiger partial charge in [-0.05, 0) is 45.4 Å². The minimum atomic E-state index is -0.647. The highest BCUT2D eigenvalue weighted by molar-refractivity contribution is 6.00. The van der Waals surface area contributed by atoms with Gasteiger partial charge in [-0.25, -0.2) is 0 Å². The van der Waals surface area contributed by atoms with Crippen LogP contribution in [0.3, 0.4) is 0 Å². The van der Waals surface area contributed by atoms with Gasteiger partial charge in [-0.2, -0.15) is 0 Å². The fraction of sp³-hybridized carbons (Fsp3) is 0.381. The molecule has 0 unspecified atom stereocenters. The minimum absolute atomic E-state index is 0.246. The number of Topliss-reactive ketones (excluding diaryl/α,β-unsaturated/α-hetero) is 1. The maximum absolute atomic E-state index is 12.4. The number of esters is 1. The van der Waals surface area contributed by atoms with Crippen molar-refractivity contribution < 1.29 is 19.1 Å². The number of aryl methyl sites for hydroxylation is 2. The topological polar surface area (TPSA) is 77.4 Å². The average Bonchev–Trinajstić information content (AvgIpc) is 2.92. The van der Waals surface area contributed by atoms with Gasteiger partial charge in [0.15, 0.2) is 6.61 Å². The van der Waals surface area contributed by atoms with Gasteiger partial charge in [-0.1, -0.05) is 24.6 Å². The van der Waals surface area contributed by atoms with Crippen LogP contribution in [0.4, 0.5) is 0 Å². The number of ether oxygens (including phenoxy) is 1. The second-order valence-electron chi connectivity index (χ2n) is 6.57. The van der Waals surface area contributed by atoms with Gasteiger partial charge in [0.05, 0.1) is 0 Å². The highest BCUT2D eigenvalue weighted by atomic mass is 16.5. The number of nitrogens with one attached hydrogen (secondary N) is 1. The molecule has 0 aliphatic carbocycles. The van der Waals surface area contributed by atoms with Crippen LogP contribution in [0.25, 0.3) is 0 Å². The first-order valence-electron chi connectivity index (χ1n) is 9.04. The molecule has 0 aliphatic heterocycles. The summed E-state index contributed by atoms with van der Waals surface area (Å²) in [7, 11) is 0. The maximum Gasteiger partial charge on any atom is 0.325 e. The van der Waals surface area contributed by atoms with Gasteiger partial charge in [0.25, 0.3) is 5.91 Å². The van der Waals surface area contributed by atoms with E-state index in [-0.39, 0.29) is 24.8 Å². The Morgan fingerprint density at radius 1 is 1.11 bits per heavy atom. The van der Waals surface area contributed by atoms with Crippen molar-refractivity contribution in [1.29, 1.82) is 0 Å². The Bertz CT molecular complexity index is 852. The minimum Gasteiger partial charge on any atom is -0.456 e. The fourth-order valence-electron chi connectivity index (χ4n) is 2.97. The second kappa shape index (κ2) is 9.16. The van der Waals surface area contributed by atoms with Crippen molar-refractivity contribution in [2.24, 2.45) is 0 Å². The van der Waals surface area contributed by atoms with Crippen molar-refractivity contribution in [3.63, 3.8) is 0 Å². The lowest BCUT2D eigenvalue weighted by molar-refractivity contribution is -0.141. The summed E-state index contributed by atoms with van der Waals surface area (Å²) in [5.74, 6) is -1.25. The summed E-state index contributed by atoms with van der Waals surface area (Å²) in [6.45, 7) is 8.02. The number of ketones is 1. The van der Waals surface area contributed by atoms with E-state index in [1.807, 2.05) is 32.9 Å². The molecule has 6 nitrogen and oxygen atoms in total. The van der Waals surface area contributed by atoms with E-state index in [0.29, 0.717) is 11.1 Å². The second-order valence-corrected chi connectivity index (χ2v) is 6.57. The molecule has 0 fully saturated rings. The van der Waals surface area contributed by atoms with Crippen molar-refractivity contribution in [3.05, 3.63) is 58.4 Å². The molecule has 6 heteroatoms. The molecule has 1 aromatic heterocycles. The molecular formula is C21H26N2O4. The fourth-order valence-corrected chi connectivity index (χ4v) is 2.97. The van der Waals surface area contributed by atoms with Gasteiger partial charge >= 0.3 is 5.97 Å². The van der Waals surface area contributed by atoms with Crippen LogP contribution in [-0.2, 0) is 16.1 Å². The zero-order valence-electron chi connectivity index (χ0n) is 16.3. The average molecular weight is 370 g/mol. The van der Waals surface area contributed by atoms with Gasteiger partial charge in [0, 0.05) is 29.1 Å². The number of carbonyl (C=O) groups is 3. The quantitative estimate of drug-likeness (QED) is 0.572. The van der Waals surface area contributed by atoms with Crippen molar-refractivity contribution in [2.75, 3.05) is 13.2 Å². The Balaban J connectivity index is 1.86. The number of nitrogens with zero attached hydrogens (tertiary/aromatic N) is 1. The number of rotatable bonds is 8. The van der Waals surface area contributed by atoms with Gasteiger partial charge in [-0.15, -0.1) is 0 Å². The third kappa shape index (κ3) is 5.29. The molecule has 1 N–H and O–H groups in total. The molecule has 144 valence electrons. The molecule has 0 radical (unpaired) electrons. The normalized spacial score (nSPS) is 10.5. The van der Waals surface area contributed by atoms with E-state index in [1.165, 1.54) is 0 Å². The largest absolute Gasteiger partial charge is 0.456 e. The molecule has 0 saturated carbocycles. The third-order valence-corrected chi connectivity index (χ3v) is 4.36. The molecule has 0 atom stereocenters. The first-order valence-corrected chi connectivity index (χ1v) is 9.04. The third-order valence-electron chi connectivity index (χ3n) is 4.36. The van der Waals surface area contributed by atoms with Gasteiger partial charge in [-0.3, -0.25) is 14.4 Å². The van der Waals surface area contributed by atoms with Crippen LogP contribution in [0.1, 0.15) is 51.0 Å². The van der Waals surface area contributed by atoms with E-state index < -0.39 is 5.97 Å². The van der Waals surface area contributed by atoms with Crippen molar-refractivity contribution >= 4 is 17.7 Å². The zero-order valence-corrected chi connectivity index (χ0v) is 16.3. The summed E-state index contributed by atoms with van der Waals surface area (Å²) >= 11 is 0. The number of hydrogen-bond acceptors (Lipinski definition) is 4. The monoisotopic (exact) mass is 370 g/mol. The van der Waals surface area contributed by atoms with Crippen LogP contribution in [-0.4, -0.2) is 35.4 Å². The number of hydrogen-bond donors (Lipinski definition) is 1. The summed E-state index contributed by atoms with van der Waals surface area (Å²) in [5.41, 5.74) is 3.88. The van der Waals surface area contributed by atoms with Crippen LogP contribution in [0.5, 0.6) is 0 Å². The van der Waals surface area contributed by atoms with Gasteiger partial charge in [0.1, 0.15) is 6.54 Å². The lowest BCUT2D eigenvalue weighted by Gasteiger charge is -2.08. The molecule has 0 aliphatic rings. The number of amides is 1. The SMILES string of the molecule is CCCn1c(C)cc(C(=O)COC(=O)CNC(=O)c2cccc(C)c2)c1C. The van der Waals surface area contributed by atoms with E-state index in [0.717, 1.165) is 29.9 Å². The van der Waals surface area contributed by atoms with E-state index in [1.54, 1.807) is 18.2 Å². The molecule has 0 spiro atoms. The summed E-state index contributed by atoms with van der Waals surface area (Å²) in [6.07, 6.45) is 0.972. The Hall–Kier alpha value is -2.89. The van der Waals surface area contributed by atoms with Crippen LogP contribution in [0, 0.1) is 20.8 Å². The summed E-state index contributed by atoms with van der Waals surface area (Å²) in [5, 5.41) is 2.50. The molecule has 0 saturated heterocycles. The number of aromatic nitrogens is 1. The maximum atomic E-state index is 12.4. The summed E-state index contributed by atoms with van der Waals surface area (Å²) < 4.78 is 7.10. The highest BCUT2D eigenvalue weighted by Gasteiger charge is 2.17. The Morgan fingerprint density at radius 2 is 1.85 bits per heavy atom. The number of benzene rings is 1. The molecule has 1 heterocycles. The molecule has 27 heavy (non-hydrogen) atoms.